The van der Waals surface area contributed by atoms with Gasteiger partial charge in [-0.25, -0.2) is 19.7 Å². The fourth-order valence-corrected chi connectivity index (χ4v) is 4.56. The number of anilines is 1. The molecule has 6 rings (SSSR count). The molecule has 0 bridgehead atoms. The Labute approximate surface area is 228 Å². The van der Waals surface area contributed by atoms with E-state index in [1.54, 1.807) is 6.08 Å². The maximum atomic E-state index is 12.2. The van der Waals surface area contributed by atoms with Crippen molar-refractivity contribution in [3.8, 4) is 11.5 Å². The molecule has 1 saturated heterocycles. The van der Waals surface area contributed by atoms with Gasteiger partial charge in [0.2, 0.25) is 6.79 Å². The average Bonchev–Trinajstić information content (AvgIpc) is 3.68. The summed E-state index contributed by atoms with van der Waals surface area (Å²) in [5.74, 6) is 1.29. The summed E-state index contributed by atoms with van der Waals surface area (Å²) in [6.45, 7) is 2.39. The van der Waals surface area contributed by atoms with E-state index < -0.39 is 30.5 Å². The van der Waals surface area contributed by atoms with Crippen LogP contribution >= 0.6 is 0 Å². The van der Waals surface area contributed by atoms with Gasteiger partial charge in [-0.1, -0.05) is 35.9 Å². The van der Waals surface area contributed by atoms with Gasteiger partial charge in [-0.2, -0.15) is 0 Å². The summed E-state index contributed by atoms with van der Waals surface area (Å²) < 4.78 is 23.5. The van der Waals surface area contributed by atoms with Gasteiger partial charge in [0.15, 0.2) is 34.7 Å². The zero-order valence-corrected chi connectivity index (χ0v) is 21.5. The van der Waals surface area contributed by atoms with E-state index in [0.717, 1.165) is 16.7 Å². The molecule has 3 N–H and O–H groups in total. The van der Waals surface area contributed by atoms with E-state index in [4.69, 9.17) is 18.9 Å². The van der Waals surface area contributed by atoms with Crippen LogP contribution in [0.1, 0.15) is 22.9 Å². The Hall–Kier alpha value is -4.52. The maximum Gasteiger partial charge on any atom is 0.330 e. The SMILES string of the molecule is Cc1ccc(C=CC(=O)OC[C@H]2O[C@@H](n3cnc4c(NCc5ccc6c(c5)OCO6)ncnc43)[C@@H](O)C2O)cc1. The number of hydrogen-bond donors (Lipinski definition) is 3. The topological polar surface area (TPSA) is 150 Å². The molecule has 0 aliphatic carbocycles. The zero-order valence-electron chi connectivity index (χ0n) is 21.5. The first-order valence-electron chi connectivity index (χ1n) is 12.7. The third kappa shape index (κ3) is 5.19. The molecule has 4 aromatic rings. The molecule has 0 saturated carbocycles. The van der Waals surface area contributed by atoms with Crippen LogP contribution in [0.15, 0.2) is 61.2 Å². The minimum atomic E-state index is -1.30. The number of aryl methyl sites for hydroxylation is 1. The second-order valence-corrected chi connectivity index (χ2v) is 9.51. The van der Waals surface area contributed by atoms with Crippen molar-refractivity contribution in [3.63, 3.8) is 0 Å². The number of benzene rings is 2. The summed E-state index contributed by atoms with van der Waals surface area (Å²) >= 11 is 0. The number of aliphatic hydroxyl groups is 2. The Morgan fingerprint density at radius 3 is 2.77 bits per heavy atom. The predicted molar refractivity (Wildman–Crippen MR) is 142 cm³/mol. The molecule has 4 atom stereocenters. The van der Waals surface area contributed by atoms with Crippen molar-refractivity contribution in [2.45, 2.75) is 38.0 Å². The first-order chi connectivity index (χ1) is 19.5. The number of aliphatic hydroxyl groups excluding tert-OH is 2. The fourth-order valence-electron chi connectivity index (χ4n) is 4.56. The smallest absolute Gasteiger partial charge is 0.330 e. The van der Waals surface area contributed by atoms with Gasteiger partial charge >= 0.3 is 5.97 Å². The number of carbonyl (C=O) groups excluding carboxylic acids is 1. The number of ether oxygens (including phenoxy) is 4. The highest BCUT2D eigenvalue weighted by Gasteiger charge is 2.45. The van der Waals surface area contributed by atoms with Crippen molar-refractivity contribution in [1.82, 2.24) is 19.5 Å². The number of aromatic nitrogens is 4. The third-order valence-corrected chi connectivity index (χ3v) is 6.75. The van der Waals surface area contributed by atoms with Gasteiger partial charge in [0.1, 0.15) is 31.2 Å². The molecule has 40 heavy (non-hydrogen) atoms. The van der Waals surface area contributed by atoms with E-state index in [0.29, 0.717) is 35.0 Å². The standard InChI is InChI=1S/C28H27N5O7/c1-16-2-4-17(5-3-16)7-9-22(34)37-12-21-24(35)25(36)28(40-21)33-14-32-23-26(30-13-31-27(23)33)29-11-18-6-8-19-20(10-18)39-15-38-19/h2-10,13-14,21,24-25,28,35-36H,11-12,15H2,1H3,(H,29,30,31)/t21-,24?,25+,28-/m1/s1. The lowest BCUT2D eigenvalue weighted by atomic mass is 10.1. The van der Waals surface area contributed by atoms with Crippen LogP contribution in [0.25, 0.3) is 17.2 Å². The Balaban J connectivity index is 1.10. The second-order valence-electron chi connectivity index (χ2n) is 9.51. The molecule has 2 aromatic carbocycles. The summed E-state index contributed by atoms with van der Waals surface area (Å²) in [7, 11) is 0. The molecule has 4 heterocycles. The minimum Gasteiger partial charge on any atom is -0.460 e. The number of rotatable bonds is 8. The number of fused-ring (bicyclic) bond motifs is 2. The summed E-state index contributed by atoms with van der Waals surface area (Å²) in [5, 5.41) is 24.6. The van der Waals surface area contributed by atoms with E-state index in [1.807, 2.05) is 49.4 Å². The largest absolute Gasteiger partial charge is 0.460 e. The number of imidazole rings is 1. The van der Waals surface area contributed by atoms with Gasteiger partial charge in [0.05, 0.1) is 6.33 Å². The molecule has 0 radical (unpaired) electrons. The molecular weight excluding hydrogens is 518 g/mol. The third-order valence-electron chi connectivity index (χ3n) is 6.75. The minimum absolute atomic E-state index is 0.203. The molecule has 1 unspecified atom stereocenters. The fraction of sp³-hybridized carbons (Fsp3) is 0.286. The van der Waals surface area contributed by atoms with Crippen molar-refractivity contribution >= 4 is 29.0 Å². The van der Waals surface area contributed by atoms with Crippen LogP contribution in [0.2, 0.25) is 0 Å². The average molecular weight is 546 g/mol. The maximum absolute atomic E-state index is 12.2. The van der Waals surface area contributed by atoms with Gasteiger partial charge < -0.3 is 34.5 Å². The van der Waals surface area contributed by atoms with Crippen LogP contribution in [0.4, 0.5) is 5.82 Å². The molecule has 12 nitrogen and oxygen atoms in total. The second kappa shape index (κ2) is 10.9. The number of hydrogen-bond acceptors (Lipinski definition) is 11. The van der Waals surface area contributed by atoms with E-state index in [-0.39, 0.29) is 13.4 Å². The Kier molecular flexibility index (Phi) is 7.03. The van der Waals surface area contributed by atoms with Gasteiger partial charge in [-0.15, -0.1) is 0 Å². The van der Waals surface area contributed by atoms with Crippen LogP contribution in [0.5, 0.6) is 11.5 Å². The number of carbonyl (C=O) groups is 1. The van der Waals surface area contributed by atoms with Gasteiger partial charge in [0.25, 0.3) is 0 Å². The number of esters is 1. The lowest BCUT2D eigenvalue weighted by molar-refractivity contribution is -0.144. The Bertz CT molecular complexity index is 1550. The lowest BCUT2D eigenvalue weighted by Crippen LogP contribution is -2.34. The van der Waals surface area contributed by atoms with E-state index >= 15 is 0 Å². The monoisotopic (exact) mass is 545 g/mol. The Morgan fingerprint density at radius 1 is 1.10 bits per heavy atom. The van der Waals surface area contributed by atoms with Crippen molar-refractivity contribution < 1.29 is 34.0 Å². The van der Waals surface area contributed by atoms with Gasteiger partial charge in [-0.3, -0.25) is 4.57 Å². The summed E-state index contributed by atoms with van der Waals surface area (Å²) in [4.78, 5) is 25.2. The Morgan fingerprint density at radius 2 is 1.93 bits per heavy atom. The van der Waals surface area contributed by atoms with Gasteiger partial charge in [-0.05, 0) is 36.3 Å². The van der Waals surface area contributed by atoms with E-state index in [9.17, 15) is 15.0 Å². The predicted octanol–water partition coefficient (Wildman–Crippen LogP) is 2.35. The first-order valence-corrected chi connectivity index (χ1v) is 12.7. The van der Waals surface area contributed by atoms with Crippen LogP contribution in [-0.2, 0) is 20.8 Å². The highest BCUT2D eigenvalue weighted by Crippen LogP contribution is 2.34. The number of nitrogens with zero attached hydrogens (tertiary/aromatic N) is 4. The van der Waals surface area contributed by atoms with E-state index in [2.05, 4.69) is 20.3 Å². The van der Waals surface area contributed by atoms with Crippen LogP contribution in [0.3, 0.4) is 0 Å². The highest BCUT2D eigenvalue weighted by atomic mass is 16.7. The molecule has 1 fully saturated rings. The molecule has 12 heteroatoms. The van der Waals surface area contributed by atoms with Crippen LogP contribution < -0.4 is 14.8 Å². The summed E-state index contributed by atoms with van der Waals surface area (Å²) in [6.07, 6.45) is 1.25. The lowest BCUT2D eigenvalue weighted by Gasteiger charge is -2.16. The number of nitrogens with one attached hydrogen (secondary N) is 1. The molecule has 0 amide bonds. The van der Waals surface area contributed by atoms with E-state index in [1.165, 1.54) is 23.3 Å². The normalized spacial score (nSPS) is 21.8. The van der Waals surface area contributed by atoms with Crippen molar-refractivity contribution in [1.29, 1.82) is 0 Å². The summed E-state index contributed by atoms with van der Waals surface area (Å²) in [6, 6.07) is 13.3. The first kappa shape index (κ1) is 25.7. The molecule has 2 aliphatic rings. The van der Waals surface area contributed by atoms with Gasteiger partial charge in [0, 0.05) is 12.6 Å². The quantitative estimate of drug-likeness (QED) is 0.221. The molecule has 206 valence electrons. The van der Waals surface area contributed by atoms with Crippen LogP contribution in [0, 0.1) is 6.92 Å². The van der Waals surface area contributed by atoms with Crippen molar-refractivity contribution in [2.75, 3.05) is 18.7 Å². The highest BCUT2D eigenvalue weighted by molar-refractivity contribution is 5.87. The zero-order chi connectivity index (χ0) is 27.6. The van der Waals surface area contributed by atoms with Crippen LogP contribution in [-0.4, -0.2) is 67.4 Å². The molecule has 2 aliphatic heterocycles. The molecular formula is C28H27N5O7. The van der Waals surface area contributed by atoms with Crippen molar-refractivity contribution in [2.24, 2.45) is 0 Å². The molecule has 2 aromatic heterocycles. The van der Waals surface area contributed by atoms with Crippen molar-refractivity contribution in [3.05, 3.63) is 77.9 Å². The molecule has 0 spiro atoms. The summed E-state index contributed by atoms with van der Waals surface area (Å²) in [5.41, 5.74) is 3.79.